The lowest BCUT2D eigenvalue weighted by atomic mass is 10.5. The van der Waals surface area contributed by atoms with Crippen molar-refractivity contribution in [3.8, 4) is 0 Å². The average molecular weight is 245 g/mol. The van der Waals surface area contributed by atoms with Gasteiger partial charge in [-0.15, -0.1) is 0 Å². The van der Waals surface area contributed by atoms with Gasteiger partial charge in [0.05, 0.1) is 6.20 Å². The highest BCUT2D eigenvalue weighted by Gasteiger charge is 1.95. The zero-order valence-electron chi connectivity index (χ0n) is 5.00. The van der Waals surface area contributed by atoms with Gasteiger partial charge >= 0.3 is 0 Å². The molecule has 0 fully saturated rings. The maximum atomic E-state index is 4.23. The zero-order chi connectivity index (χ0) is 6.97. The summed E-state index contributed by atoms with van der Waals surface area (Å²) < 4.78 is 0.921. The van der Waals surface area contributed by atoms with Crippen LogP contribution >= 0.6 is 22.6 Å². The van der Waals surface area contributed by atoms with E-state index < -0.39 is 0 Å². The molecule has 2 aromatic rings. The molecule has 0 saturated carbocycles. The van der Waals surface area contributed by atoms with Crippen LogP contribution in [0.15, 0.2) is 18.5 Å². The molecule has 50 valence electrons. The summed E-state index contributed by atoms with van der Waals surface area (Å²) >= 11 is 2.14. The second-order valence-corrected chi connectivity index (χ2v) is 3.01. The molecule has 2 rings (SSSR count). The van der Waals surface area contributed by atoms with E-state index in [2.05, 4.69) is 37.5 Å². The molecular weight excluding hydrogens is 241 g/mol. The monoisotopic (exact) mass is 245 g/mol. The third kappa shape index (κ3) is 0.880. The first-order valence-corrected chi connectivity index (χ1v) is 3.90. The Labute approximate surface area is 71.0 Å². The Morgan fingerprint density at radius 1 is 1.50 bits per heavy atom. The van der Waals surface area contributed by atoms with Crippen LogP contribution in [0.5, 0.6) is 0 Å². The van der Waals surface area contributed by atoms with Crippen LogP contribution in [0.2, 0.25) is 0 Å². The van der Waals surface area contributed by atoms with Gasteiger partial charge in [-0.2, -0.15) is 0 Å². The van der Waals surface area contributed by atoms with Gasteiger partial charge in [-0.1, -0.05) is 0 Å². The summed E-state index contributed by atoms with van der Waals surface area (Å²) in [6, 6.07) is 1.91. The summed E-state index contributed by atoms with van der Waals surface area (Å²) in [6.45, 7) is 0. The van der Waals surface area contributed by atoms with E-state index >= 15 is 0 Å². The smallest absolute Gasteiger partial charge is 0.156 e. The highest BCUT2D eigenvalue weighted by molar-refractivity contribution is 14.1. The Balaban J connectivity index is 2.86. The molecule has 0 aliphatic heterocycles. The molecule has 0 radical (unpaired) electrons. The summed E-state index contributed by atoms with van der Waals surface area (Å²) in [7, 11) is 0. The lowest BCUT2D eigenvalue weighted by Gasteiger charge is -1.87. The fourth-order valence-corrected chi connectivity index (χ4v) is 1.21. The van der Waals surface area contributed by atoms with Crippen molar-refractivity contribution in [1.82, 2.24) is 15.0 Å². The van der Waals surface area contributed by atoms with Crippen molar-refractivity contribution in [2.24, 2.45) is 0 Å². The third-order valence-corrected chi connectivity index (χ3v) is 1.75. The molecule has 0 aromatic carbocycles. The second kappa shape index (κ2) is 2.19. The largest absolute Gasteiger partial charge is 0.345 e. The van der Waals surface area contributed by atoms with E-state index in [9.17, 15) is 0 Å². The van der Waals surface area contributed by atoms with Crippen molar-refractivity contribution in [3.63, 3.8) is 0 Å². The summed E-state index contributed by atoms with van der Waals surface area (Å²) in [5, 5.41) is 0. The van der Waals surface area contributed by atoms with Gasteiger partial charge < -0.3 is 4.98 Å². The van der Waals surface area contributed by atoms with Gasteiger partial charge in [0.1, 0.15) is 9.22 Å². The van der Waals surface area contributed by atoms with Crippen LogP contribution < -0.4 is 0 Å². The standard InChI is InChI=1S/C6H4IN3/c7-5-3-9-6-4(10-5)1-2-8-6/h1-3H,(H,8,9). The van der Waals surface area contributed by atoms with Gasteiger partial charge in [0, 0.05) is 6.20 Å². The normalized spacial score (nSPS) is 10.5. The first-order valence-electron chi connectivity index (χ1n) is 2.82. The second-order valence-electron chi connectivity index (χ2n) is 1.90. The van der Waals surface area contributed by atoms with Gasteiger partial charge in [0.25, 0.3) is 0 Å². The van der Waals surface area contributed by atoms with E-state index in [1.165, 1.54) is 0 Å². The Kier molecular flexibility index (Phi) is 1.33. The van der Waals surface area contributed by atoms with Crippen LogP contribution in [0.1, 0.15) is 0 Å². The van der Waals surface area contributed by atoms with Gasteiger partial charge in [0.15, 0.2) is 5.65 Å². The van der Waals surface area contributed by atoms with Crippen molar-refractivity contribution in [1.29, 1.82) is 0 Å². The quantitative estimate of drug-likeness (QED) is 0.715. The van der Waals surface area contributed by atoms with E-state index in [4.69, 9.17) is 0 Å². The molecule has 2 aromatic heterocycles. The molecular formula is C6H4IN3. The summed E-state index contributed by atoms with van der Waals surface area (Å²) in [5.74, 6) is 0. The Morgan fingerprint density at radius 3 is 3.30 bits per heavy atom. The highest BCUT2D eigenvalue weighted by Crippen LogP contribution is 2.07. The fourth-order valence-electron chi connectivity index (χ4n) is 0.808. The molecule has 0 aliphatic carbocycles. The number of hydrogen-bond donors (Lipinski definition) is 1. The van der Waals surface area contributed by atoms with Crippen molar-refractivity contribution in [2.45, 2.75) is 0 Å². The van der Waals surface area contributed by atoms with Crippen molar-refractivity contribution < 1.29 is 0 Å². The number of rotatable bonds is 0. The van der Waals surface area contributed by atoms with Crippen molar-refractivity contribution in [2.75, 3.05) is 0 Å². The number of H-pyrrole nitrogens is 1. The predicted molar refractivity (Wildman–Crippen MR) is 46.6 cm³/mol. The van der Waals surface area contributed by atoms with Crippen molar-refractivity contribution >= 4 is 33.8 Å². The minimum absolute atomic E-state index is 0.848. The molecule has 0 aliphatic rings. The SMILES string of the molecule is Ic1cnc2[nH]ccc2n1. The lowest BCUT2D eigenvalue weighted by Crippen LogP contribution is -1.82. The molecule has 0 spiro atoms. The average Bonchev–Trinajstić information content (AvgIpc) is 2.33. The van der Waals surface area contributed by atoms with E-state index in [0.717, 1.165) is 14.9 Å². The topological polar surface area (TPSA) is 41.6 Å². The molecule has 3 nitrogen and oxygen atoms in total. The molecule has 0 atom stereocenters. The first kappa shape index (κ1) is 6.09. The summed E-state index contributed by atoms with van der Waals surface area (Å²) in [5.41, 5.74) is 1.77. The number of nitrogens with zero attached hydrogens (tertiary/aromatic N) is 2. The van der Waals surface area contributed by atoms with Gasteiger partial charge in [-0.25, -0.2) is 9.97 Å². The molecule has 0 saturated heterocycles. The van der Waals surface area contributed by atoms with Crippen molar-refractivity contribution in [3.05, 3.63) is 22.2 Å². The highest BCUT2D eigenvalue weighted by atomic mass is 127. The van der Waals surface area contributed by atoms with Crippen LogP contribution in [0, 0.1) is 3.70 Å². The van der Waals surface area contributed by atoms with Crippen LogP contribution in [0.4, 0.5) is 0 Å². The summed E-state index contributed by atoms with van der Waals surface area (Å²) in [6.07, 6.45) is 3.57. The lowest BCUT2D eigenvalue weighted by molar-refractivity contribution is 1.23. The molecule has 4 heteroatoms. The molecule has 2 heterocycles. The maximum Gasteiger partial charge on any atom is 0.156 e. The molecule has 10 heavy (non-hydrogen) atoms. The number of hydrogen-bond acceptors (Lipinski definition) is 2. The number of aromatic amines is 1. The van der Waals surface area contributed by atoms with E-state index in [1.807, 2.05) is 12.3 Å². The van der Waals surface area contributed by atoms with Crippen LogP contribution in [0.3, 0.4) is 0 Å². The minimum atomic E-state index is 0.848. The van der Waals surface area contributed by atoms with E-state index in [-0.39, 0.29) is 0 Å². The van der Waals surface area contributed by atoms with E-state index in [1.54, 1.807) is 6.20 Å². The Bertz CT molecular complexity index is 355. The molecule has 0 bridgehead atoms. The number of nitrogens with one attached hydrogen (secondary N) is 1. The Morgan fingerprint density at radius 2 is 2.40 bits per heavy atom. The van der Waals surface area contributed by atoms with Gasteiger partial charge in [-0.05, 0) is 28.7 Å². The zero-order valence-corrected chi connectivity index (χ0v) is 7.16. The number of fused-ring (bicyclic) bond motifs is 1. The van der Waals surface area contributed by atoms with E-state index in [0.29, 0.717) is 0 Å². The third-order valence-electron chi connectivity index (χ3n) is 1.23. The van der Waals surface area contributed by atoms with Gasteiger partial charge in [0.2, 0.25) is 0 Å². The molecule has 0 unspecified atom stereocenters. The Hall–Kier alpha value is -0.650. The molecule has 0 amide bonds. The van der Waals surface area contributed by atoms with Crippen LogP contribution in [0.25, 0.3) is 11.2 Å². The van der Waals surface area contributed by atoms with Crippen LogP contribution in [-0.4, -0.2) is 15.0 Å². The molecule has 1 N–H and O–H groups in total. The first-order chi connectivity index (χ1) is 4.86. The summed E-state index contributed by atoms with van der Waals surface area (Å²) in [4.78, 5) is 11.3. The van der Waals surface area contributed by atoms with Gasteiger partial charge in [-0.3, -0.25) is 0 Å². The fraction of sp³-hybridized carbons (Fsp3) is 0. The van der Waals surface area contributed by atoms with Crippen LogP contribution in [-0.2, 0) is 0 Å². The number of aromatic nitrogens is 3. The predicted octanol–water partition coefficient (Wildman–Crippen LogP) is 1.56. The minimum Gasteiger partial charge on any atom is -0.345 e. The maximum absolute atomic E-state index is 4.23. The number of halogens is 1.